The molecule has 38 heavy (non-hydrogen) atoms. The Hall–Kier alpha value is -3.87. The third-order valence-electron chi connectivity index (χ3n) is 8.19. The Morgan fingerprint density at radius 1 is 1.00 bits per heavy atom. The highest BCUT2D eigenvalue weighted by molar-refractivity contribution is 5.96. The molecule has 7 heteroatoms. The molecule has 2 aromatic heterocycles. The summed E-state index contributed by atoms with van der Waals surface area (Å²) in [5, 5.41) is 0.932. The molecule has 4 heterocycles. The maximum Gasteiger partial charge on any atom is 0.253 e. The van der Waals surface area contributed by atoms with Crippen LogP contribution in [0.1, 0.15) is 53.2 Å². The zero-order valence-electron chi connectivity index (χ0n) is 22.0. The largest absolute Gasteiger partial charge is 0.351 e. The predicted octanol–water partition coefficient (Wildman–Crippen LogP) is 5.96. The van der Waals surface area contributed by atoms with Gasteiger partial charge in [-0.05, 0) is 84.7 Å². The van der Waals surface area contributed by atoms with Crippen LogP contribution in [0.3, 0.4) is 0 Å². The number of piperidine rings is 1. The zero-order chi connectivity index (χ0) is 26.2. The third-order valence-corrected chi connectivity index (χ3v) is 8.19. The van der Waals surface area contributed by atoms with Crippen LogP contribution in [-0.4, -0.2) is 45.4 Å². The fourth-order valence-corrected chi connectivity index (χ4v) is 5.92. The van der Waals surface area contributed by atoms with Gasteiger partial charge in [-0.3, -0.25) is 9.78 Å². The van der Waals surface area contributed by atoms with E-state index < -0.39 is 0 Å². The minimum Gasteiger partial charge on any atom is -0.351 e. The fraction of sp³-hybridized carbons (Fsp3) is 0.355. The lowest BCUT2D eigenvalue weighted by Crippen LogP contribution is -2.38. The lowest BCUT2D eigenvalue weighted by atomic mass is 9.93. The van der Waals surface area contributed by atoms with Crippen molar-refractivity contribution < 1.29 is 9.18 Å². The van der Waals surface area contributed by atoms with Crippen LogP contribution in [0, 0.1) is 18.7 Å². The van der Waals surface area contributed by atoms with E-state index >= 15 is 0 Å². The second kappa shape index (κ2) is 10.1. The number of aryl methyl sites for hydroxylation is 1. The Bertz CT molecular complexity index is 1510. The first-order valence-electron chi connectivity index (χ1n) is 13.5. The van der Waals surface area contributed by atoms with Crippen LogP contribution >= 0.6 is 0 Å². The van der Waals surface area contributed by atoms with Gasteiger partial charge in [-0.15, -0.1) is 0 Å². The van der Waals surface area contributed by atoms with E-state index in [9.17, 15) is 9.18 Å². The number of rotatable bonds is 4. The van der Waals surface area contributed by atoms with Gasteiger partial charge in [-0.25, -0.2) is 14.4 Å². The molecule has 194 valence electrons. The van der Waals surface area contributed by atoms with Crippen LogP contribution in [0.15, 0.2) is 55.1 Å². The van der Waals surface area contributed by atoms with Crippen molar-refractivity contribution in [3.8, 4) is 11.1 Å². The number of hydrogen-bond acceptors (Lipinski definition) is 5. The number of likely N-dealkylation sites (tertiary alicyclic amines) is 1. The Kier molecular flexibility index (Phi) is 6.52. The summed E-state index contributed by atoms with van der Waals surface area (Å²) in [4.78, 5) is 30.8. The van der Waals surface area contributed by atoms with Gasteiger partial charge in [-0.1, -0.05) is 19.4 Å². The summed E-state index contributed by atoms with van der Waals surface area (Å²) >= 11 is 0. The molecule has 1 fully saturated rings. The number of carbonyl (C=O) groups is 1. The van der Waals surface area contributed by atoms with Gasteiger partial charge >= 0.3 is 0 Å². The van der Waals surface area contributed by atoms with Gasteiger partial charge in [0.25, 0.3) is 5.91 Å². The molecule has 6 rings (SSSR count). The Balaban J connectivity index is 1.30. The van der Waals surface area contributed by atoms with Crippen molar-refractivity contribution in [3.63, 3.8) is 0 Å². The van der Waals surface area contributed by atoms with Crippen molar-refractivity contribution in [2.75, 3.05) is 24.5 Å². The molecular weight excluding hydrogens is 477 g/mol. The van der Waals surface area contributed by atoms with Gasteiger partial charge in [0.2, 0.25) is 0 Å². The van der Waals surface area contributed by atoms with E-state index in [0.29, 0.717) is 6.54 Å². The highest BCUT2D eigenvalue weighted by atomic mass is 19.1. The molecule has 0 unspecified atom stereocenters. The Morgan fingerprint density at radius 3 is 2.63 bits per heavy atom. The summed E-state index contributed by atoms with van der Waals surface area (Å²) in [7, 11) is 0. The second-order valence-corrected chi connectivity index (χ2v) is 10.6. The number of amides is 1. The van der Waals surface area contributed by atoms with Gasteiger partial charge in [0.15, 0.2) is 0 Å². The monoisotopic (exact) mass is 509 g/mol. The molecule has 4 aromatic rings. The molecule has 0 aliphatic carbocycles. The molecule has 2 aliphatic rings. The highest BCUT2D eigenvalue weighted by Gasteiger charge is 2.25. The number of fused-ring (bicyclic) bond motifs is 2. The van der Waals surface area contributed by atoms with E-state index in [4.69, 9.17) is 4.98 Å². The Morgan fingerprint density at radius 2 is 1.84 bits per heavy atom. The third kappa shape index (κ3) is 4.62. The normalized spacial score (nSPS) is 16.1. The molecule has 0 radical (unpaired) electrons. The van der Waals surface area contributed by atoms with E-state index in [0.717, 1.165) is 83.8 Å². The van der Waals surface area contributed by atoms with Gasteiger partial charge < -0.3 is 9.80 Å². The van der Waals surface area contributed by atoms with Crippen LogP contribution in [0.2, 0.25) is 0 Å². The van der Waals surface area contributed by atoms with Crippen molar-refractivity contribution in [1.29, 1.82) is 0 Å². The average Bonchev–Trinajstić information content (AvgIpc) is 2.96. The molecule has 2 aliphatic heterocycles. The van der Waals surface area contributed by atoms with Crippen LogP contribution in [-0.2, 0) is 13.0 Å². The smallest absolute Gasteiger partial charge is 0.253 e. The average molecular weight is 510 g/mol. The van der Waals surface area contributed by atoms with Crippen molar-refractivity contribution in [2.24, 2.45) is 5.92 Å². The number of pyridine rings is 1. The van der Waals surface area contributed by atoms with Gasteiger partial charge in [0.05, 0.1) is 11.7 Å². The van der Waals surface area contributed by atoms with E-state index in [1.54, 1.807) is 12.5 Å². The molecule has 0 spiro atoms. The van der Waals surface area contributed by atoms with Crippen molar-refractivity contribution in [2.45, 2.75) is 46.1 Å². The summed E-state index contributed by atoms with van der Waals surface area (Å²) < 4.78 is 13.9. The van der Waals surface area contributed by atoms with Gasteiger partial charge in [-0.2, -0.15) is 0 Å². The maximum absolute atomic E-state index is 13.9. The number of carbonyl (C=O) groups excluding carboxylic acids is 1. The fourth-order valence-electron chi connectivity index (χ4n) is 5.92. The van der Waals surface area contributed by atoms with Crippen molar-refractivity contribution in [3.05, 3.63) is 83.2 Å². The lowest BCUT2D eigenvalue weighted by molar-refractivity contribution is 0.0688. The molecule has 0 bridgehead atoms. The number of aromatic nitrogens is 3. The van der Waals surface area contributed by atoms with Crippen LogP contribution in [0.5, 0.6) is 0 Å². The zero-order valence-corrected chi connectivity index (χ0v) is 22.0. The minimum absolute atomic E-state index is 0.135. The number of hydrogen-bond donors (Lipinski definition) is 0. The molecule has 6 nitrogen and oxygen atoms in total. The van der Waals surface area contributed by atoms with Crippen LogP contribution < -0.4 is 4.90 Å². The predicted molar refractivity (Wildman–Crippen MR) is 148 cm³/mol. The van der Waals surface area contributed by atoms with Gasteiger partial charge in [0.1, 0.15) is 18.0 Å². The number of nitrogens with zero attached hydrogens (tertiary/aromatic N) is 5. The number of anilines is 1. The molecule has 1 amide bonds. The summed E-state index contributed by atoms with van der Waals surface area (Å²) in [6, 6.07) is 11.7. The van der Waals surface area contributed by atoms with E-state index in [2.05, 4.69) is 33.9 Å². The minimum atomic E-state index is -0.363. The van der Waals surface area contributed by atoms with E-state index in [1.165, 1.54) is 29.8 Å². The first-order chi connectivity index (χ1) is 18.5. The lowest BCUT2D eigenvalue weighted by Gasteiger charge is -2.33. The molecule has 0 atom stereocenters. The van der Waals surface area contributed by atoms with Crippen LogP contribution in [0.25, 0.3) is 22.0 Å². The summed E-state index contributed by atoms with van der Waals surface area (Å²) in [6.45, 7) is 7.43. The van der Waals surface area contributed by atoms with E-state index in [1.807, 2.05) is 30.0 Å². The SMILES string of the molecule is CCC1CCN(C(=O)c2ccc3c(c2)CN(c2ncnc4c(C)cc(-c5cncc(F)c5)cc24)CC3)CC1. The highest BCUT2D eigenvalue weighted by Crippen LogP contribution is 2.34. The van der Waals surface area contributed by atoms with Crippen molar-refractivity contribution in [1.82, 2.24) is 19.9 Å². The molecule has 0 saturated carbocycles. The topological polar surface area (TPSA) is 62.2 Å². The second-order valence-electron chi connectivity index (χ2n) is 10.6. The molecule has 0 N–H and O–H groups in total. The summed E-state index contributed by atoms with van der Waals surface area (Å²) in [5.41, 5.74) is 6.71. The number of benzene rings is 2. The number of halogens is 1. The standard InChI is InChI=1S/C31H32FN5O/c1-3-21-6-9-36(10-7-21)31(38)23-5-4-22-8-11-37(18-26(22)13-23)30-28-15-24(25-14-27(32)17-33-16-25)12-20(2)29(28)34-19-35-30/h4-5,12-17,19,21H,3,6-11,18H2,1-2H3. The first-order valence-corrected chi connectivity index (χ1v) is 13.5. The summed E-state index contributed by atoms with van der Waals surface area (Å²) in [6.07, 6.45) is 8.75. The van der Waals surface area contributed by atoms with Gasteiger partial charge in [0, 0.05) is 48.9 Å². The maximum atomic E-state index is 13.9. The molecule has 2 aromatic carbocycles. The quantitative estimate of drug-likeness (QED) is 0.340. The summed E-state index contributed by atoms with van der Waals surface area (Å²) in [5.74, 6) is 1.36. The van der Waals surface area contributed by atoms with E-state index in [-0.39, 0.29) is 11.7 Å². The molecule has 1 saturated heterocycles. The molecular formula is C31H32FN5O. The van der Waals surface area contributed by atoms with Crippen LogP contribution in [0.4, 0.5) is 10.2 Å². The first kappa shape index (κ1) is 24.5. The Labute approximate surface area is 222 Å². The van der Waals surface area contributed by atoms with Crippen molar-refractivity contribution >= 4 is 22.6 Å².